The van der Waals surface area contributed by atoms with Gasteiger partial charge < -0.3 is 0 Å². The van der Waals surface area contributed by atoms with E-state index in [0.717, 1.165) is 4.90 Å². The Balaban J connectivity index is 0.000000337. The van der Waals surface area contributed by atoms with E-state index in [4.69, 9.17) is 0 Å². The standard InChI is InChI=1S/C9H7NO2.C3H8/c1-10-8(11)6-4-2-3-5-7(6)9(10)12;1-3-2/h2-5H,1H3;3H2,1-2H3. The van der Waals surface area contributed by atoms with Gasteiger partial charge >= 0.3 is 0 Å². The van der Waals surface area contributed by atoms with Gasteiger partial charge in [0.25, 0.3) is 11.8 Å². The number of hydrogen-bond donors (Lipinski definition) is 0. The van der Waals surface area contributed by atoms with E-state index in [2.05, 4.69) is 13.8 Å². The molecule has 3 nitrogen and oxygen atoms in total. The van der Waals surface area contributed by atoms with Gasteiger partial charge in [0.1, 0.15) is 0 Å². The maximum absolute atomic E-state index is 11.3. The van der Waals surface area contributed by atoms with E-state index in [-0.39, 0.29) is 11.8 Å². The Morgan fingerprint density at radius 1 is 1.00 bits per heavy atom. The van der Waals surface area contributed by atoms with Crippen molar-refractivity contribution in [3.63, 3.8) is 0 Å². The molecule has 0 aliphatic carbocycles. The van der Waals surface area contributed by atoms with Gasteiger partial charge in [-0.05, 0) is 12.1 Å². The minimum Gasteiger partial charge on any atom is -0.277 e. The van der Waals surface area contributed by atoms with Gasteiger partial charge in [0, 0.05) is 7.05 Å². The van der Waals surface area contributed by atoms with Crippen LogP contribution in [0.15, 0.2) is 24.3 Å². The van der Waals surface area contributed by atoms with Gasteiger partial charge in [0.05, 0.1) is 11.1 Å². The molecule has 0 spiro atoms. The third-order valence-corrected chi connectivity index (χ3v) is 2.00. The van der Waals surface area contributed by atoms with Crippen LogP contribution in [0, 0.1) is 0 Å². The Kier molecular flexibility index (Phi) is 3.61. The van der Waals surface area contributed by atoms with Crippen molar-refractivity contribution in [1.82, 2.24) is 4.90 Å². The number of carbonyl (C=O) groups is 2. The molecule has 80 valence electrons. The molecule has 1 aromatic rings. The van der Waals surface area contributed by atoms with E-state index in [1.807, 2.05) is 0 Å². The molecule has 0 atom stereocenters. The van der Waals surface area contributed by atoms with Crippen molar-refractivity contribution in [2.75, 3.05) is 7.05 Å². The van der Waals surface area contributed by atoms with Crippen molar-refractivity contribution in [2.45, 2.75) is 20.3 Å². The van der Waals surface area contributed by atoms with Crippen LogP contribution in [0.1, 0.15) is 41.0 Å². The van der Waals surface area contributed by atoms with Crippen LogP contribution in [0.5, 0.6) is 0 Å². The number of carbonyl (C=O) groups excluding carboxylic acids is 2. The van der Waals surface area contributed by atoms with Crippen LogP contribution in [0.25, 0.3) is 0 Å². The predicted octanol–water partition coefficient (Wildman–Crippen LogP) is 2.33. The first-order valence-electron chi connectivity index (χ1n) is 5.04. The molecular formula is C12H15NO2. The van der Waals surface area contributed by atoms with Crippen LogP contribution in [-0.2, 0) is 0 Å². The molecule has 2 amide bonds. The maximum atomic E-state index is 11.3. The molecule has 0 saturated carbocycles. The third-order valence-electron chi connectivity index (χ3n) is 2.00. The van der Waals surface area contributed by atoms with Crippen molar-refractivity contribution in [2.24, 2.45) is 0 Å². The van der Waals surface area contributed by atoms with Crippen molar-refractivity contribution < 1.29 is 9.59 Å². The highest BCUT2D eigenvalue weighted by molar-refractivity contribution is 6.21. The topological polar surface area (TPSA) is 37.4 Å². The van der Waals surface area contributed by atoms with Crippen molar-refractivity contribution in [3.05, 3.63) is 35.4 Å². The molecule has 0 saturated heterocycles. The Morgan fingerprint density at radius 2 is 1.33 bits per heavy atom. The van der Waals surface area contributed by atoms with E-state index in [9.17, 15) is 9.59 Å². The lowest BCUT2D eigenvalue weighted by molar-refractivity contribution is 0.0693. The summed E-state index contributed by atoms with van der Waals surface area (Å²) in [4.78, 5) is 23.8. The summed E-state index contributed by atoms with van der Waals surface area (Å²) >= 11 is 0. The summed E-state index contributed by atoms with van der Waals surface area (Å²) in [6.45, 7) is 4.25. The van der Waals surface area contributed by atoms with Crippen LogP contribution in [0.4, 0.5) is 0 Å². The summed E-state index contributed by atoms with van der Waals surface area (Å²) in [5, 5.41) is 0. The number of hydrogen-bond acceptors (Lipinski definition) is 2. The molecule has 3 heteroatoms. The zero-order valence-electron chi connectivity index (χ0n) is 9.28. The summed E-state index contributed by atoms with van der Waals surface area (Å²) in [7, 11) is 1.49. The molecule has 0 fully saturated rings. The zero-order valence-corrected chi connectivity index (χ0v) is 9.28. The quantitative estimate of drug-likeness (QED) is 0.609. The average Bonchev–Trinajstić information content (AvgIpc) is 2.46. The summed E-state index contributed by atoms with van der Waals surface area (Å²) in [5.41, 5.74) is 1.01. The number of fused-ring (bicyclic) bond motifs is 1. The van der Waals surface area contributed by atoms with Crippen LogP contribution < -0.4 is 0 Å². The highest BCUT2D eigenvalue weighted by Crippen LogP contribution is 2.20. The minimum atomic E-state index is -0.212. The summed E-state index contributed by atoms with van der Waals surface area (Å²) in [5.74, 6) is -0.425. The van der Waals surface area contributed by atoms with E-state index < -0.39 is 0 Å². The zero-order chi connectivity index (χ0) is 11.4. The Bertz CT molecular complexity index is 350. The predicted molar refractivity (Wildman–Crippen MR) is 58.8 cm³/mol. The molecule has 1 heterocycles. The van der Waals surface area contributed by atoms with Gasteiger partial charge in [-0.25, -0.2) is 0 Å². The van der Waals surface area contributed by atoms with Crippen molar-refractivity contribution in [3.8, 4) is 0 Å². The Morgan fingerprint density at radius 3 is 1.67 bits per heavy atom. The largest absolute Gasteiger partial charge is 0.277 e. The second-order valence-corrected chi connectivity index (χ2v) is 3.42. The smallest absolute Gasteiger partial charge is 0.261 e. The summed E-state index contributed by atoms with van der Waals surface area (Å²) < 4.78 is 0. The summed E-state index contributed by atoms with van der Waals surface area (Å²) in [6, 6.07) is 6.84. The Labute approximate surface area is 89.7 Å². The SMILES string of the molecule is CCC.CN1C(=O)c2ccccc2C1=O. The molecule has 0 bridgehead atoms. The fourth-order valence-corrected chi connectivity index (χ4v) is 1.31. The molecular weight excluding hydrogens is 190 g/mol. The highest BCUT2D eigenvalue weighted by atomic mass is 16.2. The molecule has 1 aromatic carbocycles. The fourth-order valence-electron chi connectivity index (χ4n) is 1.31. The van der Waals surface area contributed by atoms with Gasteiger partial charge in [-0.3, -0.25) is 14.5 Å². The number of nitrogens with zero attached hydrogens (tertiary/aromatic N) is 1. The normalized spacial score (nSPS) is 13.4. The molecule has 0 N–H and O–H groups in total. The fraction of sp³-hybridized carbons (Fsp3) is 0.333. The van der Waals surface area contributed by atoms with Gasteiger partial charge in [-0.15, -0.1) is 0 Å². The van der Waals surface area contributed by atoms with Gasteiger partial charge in [0.15, 0.2) is 0 Å². The first kappa shape index (κ1) is 11.4. The first-order chi connectivity index (χ1) is 7.13. The Hall–Kier alpha value is -1.64. The number of rotatable bonds is 0. The number of amides is 2. The average molecular weight is 205 g/mol. The first-order valence-corrected chi connectivity index (χ1v) is 5.04. The molecule has 1 aliphatic rings. The maximum Gasteiger partial charge on any atom is 0.261 e. The third kappa shape index (κ3) is 2.06. The number of benzene rings is 1. The second kappa shape index (κ2) is 4.73. The minimum absolute atomic E-state index is 0.212. The van der Waals surface area contributed by atoms with Crippen molar-refractivity contribution >= 4 is 11.8 Å². The molecule has 2 rings (SSSR count). The lowest BCUT2D eigenvalue weighted by atomic mass is 10.1. The van der Waals surface area contributed by atoms with Crippen LogP contribution in [0.2, 0.25) is 0 Å². The lowest BCUT2D eigenvalue weighted by Gasteiger charge is -2.02. The van der Waals surface area contributed by atoms with E-state index >= 15 is 0 Å². The second-order valence-electron chi connectivity index (χ2n) is 3.42. The molecule has 0 unspecified atom stereocenters. The van der Waals surface area contributed by atoms with Gasteiger partial charge in [0.2, 0.25) is 0 Å². The van der Waals surface area contributed by atoms with Crippen LogP contribution in [-0.4, -0.2) is 23.8 Å². The monoisotopic (exact) mass is 205 g/mol. The van der Waals surface area contributed by atoms with Gasteiger partial charge in [-0.1, -0.05) is 32.4 Å². The molecule has 1 aliphatic heterocycles. The summed E-state index contributed by atoms with van der Waals surface area (Å²) in [6.07, 6.45) is 1.25. The molecule has 0 aromatic heterocycles. The number of imide groups is 1. The van der Waals surface area contributed by atoms with E-state index in [1.165, 1.54) is 13.5 Å². The van der Waals surface area contributed by atoms with Gasteiger partial charge in [-0.2, -0.15) is 0 Å². The molecule has 15 heavy (non-hydrogen) atoms. The molecule has 0 radical (unpaired) electrons. The van der Waals surface area contributed by atoms with E-state index in [0.29, 0.717) is 11.1 Å². The lowest BCUT2D eigenvalue weighted by Crippen LogP contribution is -2.24. The highest BCUT2D eigenvalue weighted by Gasteiger charge is 2.31. The van der Waals surface area contributed by atoms with E-state index in [1.54, 1.807) is 24.3 Å². The van der Waals surface area contributed by atoms with Crippen molar-refractivity contribution in [1.29, 1.82) is 0 Å². The van der Waals surface area contributed by atoms with Crippen LogP contribution in [0.3, 0.4) is 0 Å². The van der Waals surface area contributed by atoms with Crippen LogP contribution >= 0.6 is 0 Å².